The van der Waals surface area contributed by atoms with E-state index in [-0.39, 0.29) is 25.7 Å². The van der Waals surface area contributed by atoms with Gasteiger partial charge in [-0.25, -0.2) is 9.13 Å². The van der Waals surface area contributed by atoms with Crippen molar-refractivity contribution in [2.24, 2.45) is 5.92 Å². The van der Waals surface area contributed by atoms with Gasteiger partial charge in [0.15, 0.2) is 12.2 Å². The molecule has 0 saturated heterocycles. The van der Waals surface area contributed by atoms with E-state index < -0.39 is 97.5 Å². The van der Waals surface area contributed by atoms with Crippen LogP contribution in [0.25, 0.3) is 0 Å². The highest BCUT2D eigenvalue weighted by molar-refractivity contribution is 7.47. The maximum atomic E-state index is 13.0. The molecule has 3 unspecified atom stereocenters. The smallest absolute Gasteiger partial charge is 0.462 e. The van der Waals surface area contributed by atoms with Gasteiger partial charge in [0.25, 0.3) is 0 Å². The summed E-state index contributed by atoms with van der Waals surface area (Å²) < 4.78 is 68.0. The first-order valence-corrected chi connectivity index (χ1v) is 37.2. The van der Waals surface area contributed by atoms with Gasteiger partial charge in [0.05, 0.1) is 26.4 Å². The fourth-order valence-corrected chi connectivity index (χ4v) is 11.3. The summed E-state index contributed by atoms with van der Waals surface area (Å²) in [5, 5.41) is 10.5. The third kappa shape index (κ3) is 57.8. The first-order chi connectivity index (χ1) is 40.6. The summed E-state index contributed by atoms with van der Waals surface area (Å²) in [5.41, 5.74) is 0. The maximum Gasteiger partial charge on any atom is 0.472 e. The molecular formula is C65H126O17P2. The third-order valence-electron chi connectivity index (χ3n) is 15.4. The zero-order valence-electron chi connectivity index (χ0n) is 54.0. The lowest BCUT2D eigenvalue weighted by atomic mass is 9.99. The van der Waals surface area contributed by atoms with Gasteiger partial charge in [0, 0.05) is 25.7 Å². The molecule has 0 heterocycles. The normalized spacial score (nSPS) is 14.5. The number of aliphatic hydroxyl groups excluding tert-OH is 1. The van der Waals surface area contributed by atoms with Crippen LogP contribution in [0.15, 0.2) is 0 Å². The van der Waals surface area contributed by atoms with E-state index in [9.17, 15) is 43.2 Å². The summed E-state index contributed by atoms with van der Waals surface area (Å²) in [6.45, 7) is 7.17. The second kappa shape index (κ2) is 58.7. The minimum absolute atomic E-state index is 0.107. The fourth-order valence-electron chi connectivity index (χ4n) is 9.73. The molecule has 0 aromatic heterocycles. The maximum absolute atomic E-state index is 13.0. The molecule has 0 bridgehead atoms. The molecule has 84 heavy (non-hydrogen) atoms. The van der Waals surface area contributed by atoms with Crippen LogP contribution in [0.3, 0.4) is 0 Å². The van der Waals surface area contributed by atoms with Gasteiger partial charge in [-0.15, -0.1) is 0 Å². The standard InChI is InChI=1S/C65H126O17P2/c1-6-10-13-16-19-21-23-24-25-27-29-36-41-46-51-65(70)82-61(55-76-63(68)49-44-39-34-31-30-33-37-42-47-58(5)9-4)57-80-84(73,74)78-53-59(66)52-77-83(71,72)79-56-60(54-75-62(67)48-43-38-32-18-15-12-8-3)81-64(69)50-45-40-35-28-26-22-20-17-14-11-7-2/h58-61,66H,6-57H2,1-5H3,(H,71,72)(H,73,74)/t58?,59-,60+,61+/m0/s1. The minimum Gasteiger partial charge on any atom is -0.462 e. The Morgan fingerprint density at radius 3 is 0.845 bits per heavy atom. The van der Waals surface area contributed by atoms with Crippen LogP contribution in [-0.2, 0) is 65.4 Å². The molecule has 0 fully saturated rings. The lowest BCUT2D eigenvalue weighted by Crippen LogP contribution is -2.30. The molecule has 3 N–H and O–H groups in total. The first-order valence-electron chi connectivity index (χ1n) is 34.2. The molecule has 0 aliphatic carbocycles. The predicted octanol–water partition coefficient (Wildman–Crippen LogP) is 18.2. The van der Waals surface area contributed by atoms with Gasteiger partial charge in [-0.3, -0.25) is 37.3 Å². The summed E-state index contributed by atoms with van der Waals surface area (Å²) >= 11 is 0. The molecule has 6 atom stereocenters. The molecule has 19 heteroatoms. The second-order valence-electron chi connectivity index (χ2n) is 23.7. The number of phosphoric ester groups is 2. The van der Waals surface area contributed by atoms with E-state index in [0.717, 1.165) is 109 Å². The van der Waals surface area contributed by atoms with Crippen LogP contribution in [0, 0.1) is 5.92 Å². The van der Waals surface area contributed by atoms with Crippen LogP contribution >= 0.6 is 15.6 Å². The van der Waals surface area contributed by atoms with Crippen molar-refractivity contribution in [1.82, 2.24) is 0 Å². The van der Waals surface area contributed by atoms with Crippen LogP contribution in [0.4, 0.5) is 0 Å². The Kier molecular flexibility index (Phi) is 57.4. The van der Waals surface area contributed by atoms with E-state index in [1.807, 2.05) is 0 Å². The predicted molar refractivity (Wildman–Crippen MR) is 335 cm³/mol. The van der Waals surface area contributed by atoms with E-state index in [4.69, 9.17) is 37.0 Å². The average Bonchev–Trinajstić information content (AvgIpc) is 3.51. The van der Waals surface area contributed by atoms with Crippen molar-refractivity contribution in [2.75, 3.05) is 39.6 Å². The summed E-state index contributed by atoms with van der Waals surface area (Å²) in [5.74, 6) is -1.36. The number of carbonyl (C=O) groups is 4. The zero-order valence-corrected chi connectivity index (χ0v) is 55.8. The number of unbranched alkanes of at least 4 members (excludes halogenated alkanes) is 36. The first kappa shape index (κ1) is 82.1. The molecule has 0 spiro atoms. The molecule has 0 amide bonds. The van der Waals surface area contributed by atoms with Gasteiger partial charge in [-0.05, 0) is 31.6 Å². The number of ether oxygens (including phenoxy) is 4. The number of hydrogen-bond acceptors (Lipinski definition) is 15. The number of rotatable bonds is 65. The van der Waals surface area contributed by atoms with Crippen LogP contribution in [0.5, 0.6) is 0 Å². The zero-order chi connectivity index (χ0) is 62.0. The lowest BCUT2D eigenvalue weighted by molar-refractivity contribution is -0.161. The van der Waals surface area contributed by atoms with E-state index in [2.05, 4.69) is 34.6 Å². The Bertz CT molecular complexity index is 1640. The number of carbonyl (C=O) groups excluding carboxylic acids is 4. The summed E-state index contributed by atoms with van der Waals surface area (Å²) in [4.78, 5) is 72.2. The quantitative estimate of drug-likeness (QED) is 0.0222. The van der Waals surface area contributed by atoms with Crippen LogP contribution in [0.2, 0.25) is 0 Å². The lowest BCUT2D eigenvalue weighted by Gasteiger charge is -2.21. The number of esters is 4. The molecular weight excluding hydrogens is 1110 g/mol. The summed E-state index contributed by atoms with van der Waals surface area (Å²) in [6, 6.07) is 0. The van der Waals surface area contributed by atoms with Crippen LogP contribution in [-0.4, -0.2) is 96.7 Å². The Morgan fingerprint density at radius 1 is 0.333 bits per heavy atom. The molecule has 0 saturated carbocycles. The molecule has 0 aliphatic heterocycles. The van der Waals surface area contributed by atoms with Crippen molar-refractivity contribution in [3.05, 3.63) is 0 Å². The number of aliphatic hydroxyl groups is 1. The van der Waals surface area contributed by atoms with E-state index in [0.29, 0.717) is 25.7 Å². The van der Waals surface area contributed by atoms with Crippen LogP contribution in [0.1, 0.15) is 330 Å². The average molecular weight is 1240 g/mol. The molecule has 0 aromatic rings. The Labute approximate surface area is 511 Å². The largest absolute Gasteiger partial charge is 0.472 e. The molecule has 0 rings (SSSR count). The highest BCUT2D eigenvalue weighted by Gasteiger charge is 2.30. The molecule has 0 aromatic carbocycles. The van der Waals surface area contributed by atoms with Gasteiger partial charge in [-0.1, -0.05) is 279 Å². The topological polar surface area (TPSA) is 237 Å². The van der Waals surface area contributed by atoms with Crippen molar-refractivity contribution in [2.45, 2.75) is 348 Å². The number of phosphoric acid groups is 2. The van der Waals surface area contributed by atoms with Crippen molar-refractivity contribution in [3.8, 4) is 0 Å². The SMILES string of the molecule is CCCCCCCCCCCCCCCCC(=O)O[C@H](COC(=O)CCCCCCCCCCC(C)CC)COP(=O)(O)OC[C@@H](O)COP(=O)(O)OC[C@@H](COC(=O)CCCCCCCCC)OC(=O)CCCCCCCCCCCCC. The fraction of sp³-hybridized carbons (Fsp3) is 0.938. The van der Waals surface area contributed by atoms with Crippen molar-refractivity contribution >= 4 is 39.5 Å². The highest BCUT2D eigenvalue weighted by Crippen LogP contribution is 2.45. The molecule has 498 valence electrons. The Morgan fingerprint density at radius 2 is 0.571 bits per heavy atom. The van der Waals surface area contributed by atoms with E-state index >= 15 is 0 Å². The van der Waals surface area contributed by atoms with Crippen LogP contribution < -0.4 is 0 Å². The van der Waals surface area contributed by atoms with Crippen molar-refractivity contribution in [3.63, 3.8) is 0 Å². The van der Waals surface area contributed by atoms with Gasteiger partial charge in [0.1, 0.15) is 19.3 Å². The molecule has 0 aliphatic rings. The van der Waals surface area contributed by atoms with Gasteiger partial charge >= 0.3 is 39.5 Å². The summed E-state index contributed by atoms with van der Waals surface area (Å²) in [6.07, 6.45) is 43.0. The van der Waals surface area contributed by atoms with E-state index in [1.165, 1.54) is 141 Å². The highest BCUT2D eigenvalue weighted by atomic mass is 31.2. The summed E-state index contributed by atoms with van der Waals surface area (Å²) in [7, 11) is -9.88. The van der Waals surface area contributed by atoms with Crippen molar-refractivity contribution < 1.29 is 80.2 Å². The minimum atomic E-state index is -4.94. The number of hydrogen-bond donors (Lipinski definition) is 3. The van der Waals surface area contributed by atoms with Gasteiger partial charge < -0.3 is 33.8 Å². The van der Waals surface area contributed by atoms with Crippen molar-refractivity contribution in [1.29, 1.82) is 0 Å². The van der Waals surface area contributed by atoms with Gasteiger partial charge in [0.2, 0.25) is 0 Å². The Hall–Kier alpha value is -1.94. The van der Waals surface area contributed by atoms with Gasteiger partial charge in [-0.2, -0.15) is 0 Å². The molecule has 17 nitrogen and oxygen atoms in total. The monoisotopic (exact) mass is 1240 g/mol. The molecule has 0 radical (unpaired) electrons. The second-order valence-corrected chi connectivity index (χ2v) is 26.7. The Balaban J connectivity index is 5.22. The third-order valence-corrected chi connectivity index (χ3v) is 17.3. The van der Waals surface area contributed by atoms with E-state index in [1.54, 1.807) is 0 Å².